The first kappa shape index (κ1) is 52.8. The molecule has 2 aromatic rings. The average Bonchev–Trinajstić information content (AvgIpc) is 3.92. The molecule has 11 heteroatoms. The molecular weight excluding hydrogens is 1170 g/mol. The second kappa shape index (κ2) is 29.1. The van der Waals surface area contributed by atoms with Gasteiger partial charge in [0.1, 0.15) is -0.565 Å². The number of nitrogens with zero attached hydrogens (tertiary/aromatic N) is 4. The number of nitrogens with one attached hydrogen (secondary N) is 2. The number of fused-ring (bicyclic) bond motifs is 3. The van der Waals surface area contributed by atoms with Gasteiger partial charge in [-0.2, -0.15) is 6.42 Å². The number of halogens is 4. The predicted molar refractivity (Wildman–Crippen MR) is 270 cm³/mol. The molecule has 6 saturated heterocycles. The zero-order valence-electron chi connectivity index (χ0n) is 33.5. The second-order valence-electron chi connectivity index (χ2n) is 15.9. The van der Waals surface area contributed by atoms with Gasteiger partial charge in [0.15, 0.2) is 0 Å². The Hall–Kier alpha value is 1.70. The van der Waals surface area contributed by atoms with E-state index < -0.39 is 0 Å². The van der Waals surface area contributed by atoms with Crippen molar-refractivity contribution in [3.63, 3.8) is 0 Å². The number of rotatable bonds is 6. The molecule has 2 aromatic carbocycles. The van der Waals surface area contributed by atoms with Gasteiger partial charge in [0, 0.05) is 82.5 Å². The standard InChI is InChI=1S/C15H22N2.C14H20N2.C8H16N2.C3H5I3.C3H6I.CH4.V/c1-16-9-5-8-14-11-17(12-15(14)16)10-13-6-3-2-4-7-13;1-2-5-12(6-3-1)9-16-10-13-7-4-8-15-14(13)11-16;1-10-4-2-3-7-5-9-6-8(7)10;1-2-3(4,5)6;1-2-3-4;;/h2-4,6-7,14-15H,5,8-12H2,1H3;1-3,5-6,13-15H,4,7-11H2;7-9H,2-6H2,1H3;2H2,1H3;3H,2H2,1H3;1H4;/q;;;;-1;;. The van der Waals surface area contributed by atoms with Crippen LogP contribution in [0, 0.1) is 22.2 Å². The van der Waals surface area contributed by atoms with Gasteiger partial charge in [-0.15, -0.1) is 0 Å². The average molecular weight is 1240 g/mol. The van der Waals surface area contributed by atoms with Gasteiger partial charge < -0.3 is 43.0 Å². The van der Waals surface area contributed by atoms with E-state index in [1.165, 1.54) is 121 Å². The maximum Gasteiger partial charge on any atom is 0.124 e. The summed E-state index contributed by atoms with van der Waals surface area (Å²) >= 11 is 9.47. The van der Waals surface area contributed by atoms with Gasteiger partial charge in [0.05, 0.1) is 0 Å². The Morgan fingerprint density at radius 2 is 1.18 bits per heavy atom. The Labute approximate surface area is 404 Å². The van der Waals surface area contributed by atoms with Gasteiger partial charge in [-0.3, -0.25) is 14.2 Å². The van der Waals surface area contributed by atoms with Crippen molar-refractivity contribution >= 4 is 90.4 Å². The summed E-state index contributed by atoms with van der Waals surface area (Å²) in [7, 11) is 4.55. The van der Waals surface area contributed by atoms with Crippen LogP contribution in [0.3, 0.4) is 0 Å². The summed E-state index contributed by atoms with van der Waals surface area (Å²) in [6.45, 7) is 17.9. The number of alkyl halides is 3. The molecule has 0 aromatic heterocycles. The van der Waals surface area contributed by atoms with Crippen LogP contribution in [0.1, 0.15) is 83.8 Å². The zero-order valence-corrected chi connectivity index (χ0v) is 43.5. The Bertz CT molecular complexity index is 1230. The predicted octanol–water partition coefficient (Wildman–Crippen LogP) is 10.4. The molecule has 0 amide bonds. The smallest absolute Gasteiger partial charge is 0.124 e. The summed E-state index contributed by atoms with van der Waals surface area (Å²) < 4.78 is 2.55. The van der Waals surface area contributed by atoms with Gasteiger partial charge in [0.25, 0.3) is 0 Å². The minimum atomic E-state index is 0. The van der Waals surface area contributed by atoms with Crippen molar-refractivity contribution in [3.8, 4) is 0 Å². The minimum absolute atomic E-state index is 0. The Morgan fingerprint density at radius 1 is 0.691 bits per heavy atom. The summed E-state index contributed by atoms with van der Waals surface area (Å²) in [6, 6.07) is 24.1. The molecular formula is C44H73I4N6V-. The fourth-order valence-corrected chi connectivity index (χ4v) is 8.87. The molecule has 313 valence electrons. The van der Waals surface area contributed by atoms with E-state index in [1.807, 2.05) is 0 Å². The molecule has 8 rings (SSSR count). The number of benzene rings is 2. The number of likely N-dealkylation sites (tertiary alicyclic amines) is 4. The third kappa shape index (κ3) is 19.5. The topological polar surface area (TPSA) is 37.0 Å². The quantitative estimate of drug-likeness (QED) is 0.171. The first-order valence-electron chi connectivity index (χ1n) is 20.5. The zero-order chi connectivity index (χ0) is 38.1. The second-order valence-corrected chi connectivity index (χ2v) is 28.5. The van der Waals surface area contributed by atoms with Crippen molar-refractivity contribution in [3.05, 3.63) is 76.2 Å². The molecule has 0 saturated carbocycles. The molecule has 6 heterocycles. The SMILES string of the molecule is C.CCC(I)(I)I.CC[CH-]I.CN1CCCC2CN(Cc3ccccc3)CC21.CN1CCCC2CNCC21.[V].c1ccc(CN2CC3CCCNC3C2)cc1. The fraction of sp³-hybridized carbons (Fsp3) is 0.705. The van der Waals surface area contributed by atoms with Gasteiger partial charge >= 0.3 is 0 Å². The monoisotopic (exact) mass is 1240 g/mol. The van der Waals surface area contributed by atoms with Gasteiger partial charge in [0.2, 0.25) is 0 Å². The number of hydrogen-bond donors (Lipinski definition) is 2. The molecule has 0 bridgehead atoms. The number of piperidine rings is 3. The van der Waals surface area contributed by atoms with E-state index in [9.17, 15) is 0 Å². The molecule has 6 aliphatic heterocycles. The van der Waals surface area contributed by atoms with Crippen LogP contribution >= 0.6 is 90.4 Å². The molecule has 6 nitrogen and oxygen atoms in total. The Balaban J connectivity index is 0.000000255. The van der Waals surface area contributed by atoms with E-state index in [0.717, 1.165) is 49.0 Å². The van der Waals surface area contributed by atoms with Crippen LogP contribution in [-0.2, 0) is 31.6 Å². The molecule has 1 radical (unpaired) electrons. The Kier molecular flexibility index (Phi) is 27.9. The fourth-order valence-electron chi connectivity index (χ4n) is 8.87. The van der Waals surface area contributed by atoms with Crippen molar-refractivity contribution < 1.29 is 18.6 Å². The van der Waals surface area contributed by atoms with Crippen molar-refractivity contribution in [1.82, 2.24) is 30.2 Å². The number of hydrogen-bond acceptors (Lipinski definition) is 6. The third-order valence-corrected chi connectivity index (χ3v) is 15.0. The van der Waals surface area contributed by atoms with Gasteiger partial charge in [-0.1, -0.05) is 150 Å². The minimum Gasteiger partial charge on any atom is -0.316 e. The largest absolute Gasteiger partial charge is 0.316 e. The van der Waals surface area contributed by atoms with Crippen LogP contribution < -0.4 is 10.6 Å². The summed E-state index contributed by atoms with van der Waals surface area (Å²) in [5.74, 6) is 2.77. The molecule has 0 spiro atoms. The molecule has 2 N–H and O–H groups in total. The summed E-state index contributed by atoms with van der Waals surface area (Å²) in [6.07, 6.45) is 10.9. The normalized spacial score (nSPS) is 27.6. The van der Waals surface area contributed by atoms with Crippen LogP contribution in [0.4, 0.5) is 0 Å². The molecule has 6 fully saturated rings. The van der Waals surface area contributed by atoms with Crippen LogP contribution in [0.2, 0.25) is 0 Å². The van der Waals surface area contributed by atoms with Crippen molar-refractivity contribution in [2.75, 3.05) is 73.0 Å². The maximum absolute atomic E-state index is 3.66. The molecule has 6 unspecified atom stereocenters. The summed E-state index contributed by atoms with van der Waals surface area (Å²) in [4.78, 5) is 10.3. The van der Waals surface area contributed by atoms with E-state index in [2.05, 4.69) is 214 Å². The Morgan fingerprint density at radius 3 is 1.67 bits per heavy atom. The van der Waals surface area contributed by atoms with Crippen molar-refractivity contribution in [1.29, 1.82) is 0 Å². The molecule has 0 aliphatic carbocycles. The third-order valence-electron chi connectivity index (χ3n) is 11.8. The van der Waals surface area contributed by atoms with Crippen molar-refractivity contribution in [2.45, 2.75) is 103 Å². The first-order valence-corrected chi connectivity index (χ1v) is 24.9. The van der Waals surface area contributed by atoms with Crippen LogP contribution in [0.15, 0.2) is 60.7 Å². The number of likely N-dealkylation sites (N-methyl/N-ethyl adjacent to an activating group) is 2. The van der Waals surface area contributed by atoms with E-state index in [0.29, 0.717) is -0.565 Å². The van der Waals surface area contributed by atoms with Crippen LogP contribution in [0.5, 0.6) is 0 Å². The van der Waals surface area contributed by atoms with Crippen molar-refractivity contribution in [2.24, 2.45) is 17.8 Å². The van der Waals surface area contributed by atoms with E-state index in [4.69, 9.17) is 0 Å². The van der Waals surface area contributed by atoms with Crippen LogP contribution in [0.25, 0.3) is 0 Å². The van der Waals surface area contributed by atoms with E-state index in [1.54, 1.807) is 0 Å². The molecule has 6 aliphatic rings. The summed E-state index contributed by atoms with van der Waals surface area (Å²) in [5.41, 5.74) is 2.90. The van der Waals surface area contributed by atoms with Crippen LogP contribution in [-0.4, -0.2) is 110 Å². The van der Waals surface area contributed by atoms with Gasteiger partial charge in [-0.25, -0.2) is 0 Å². The maximum atomic E-state index is 3.66. The van der Waals surface area contributed by atoms with Gasteiger partial charge in [-0.05, 0) is 114 Å². The summed E-state index contributed by atoms with van der Waals surface area (Å²) in [5, 5.41) is 7.11. The first-order chi connectivity index (χ1) is 25.6. The molecule has 55 heavy (non-hydrogen) atoms. The molecule has 6 atom stereocenters. The van der Waals surface area contributed by atoms with E-state index in [-0.39, 0.29) is 26.0 Å². The van der Waals surface area contributed by atoms with E-state index >= 15 is 0 Å².